The summed E-state index contributed by atoms with van der Waals surface area (Å²) >= 11 is 6.04. The fraction of sp³-hybridized carbons (Fsp3) is 0.185. The molecule has 11 heteroatoms. The van der Waals surface area contributed by atoms with Gasteiger partial charge in [-0.25, -0.2) is 0 Å². The van der Waals surface area contributed by atoms with Crippen LogP contribution in [0.25, 0.3) is 0 Å². The van der Waals surface area contributed by atoms with E-state index in [2.05, 4.69) is 15.3 Å². The minimum atomic E-state index is -0.995. The monoisotopic (exact) mass is 537 g/mol. The molecule has 0 radical (unpaired) electrons. The van der Waals surface area contributed by atoms with Gasteiger partial charge < -0.3 is 19.5 Å². The van der Waals surface area contributed by atoms with Gasteiger partial charge in [0.2, 0.25) is 17.8 Å². The molecule has 1 aliphatic rings. The van der Waals surface area contributed by atoms with Crippen molar-refractivity contribution >= 4 is 29.1 Å². The molecule has 0 fully saturated rings. The number of hydrogen-bond donors (Lipinski definition) is 1. The molecule has 0 aliphatic carbocycles. The summed E-state index contributed by atoms with van der Waals surface area (Å²) in [7, 11) is 0. The first-order chi connectivity index (χ1) is 18.2. The van der Waals surface area contributed by atoms with E-state index in [1.54, 1.807) is 45.9 Å². The summed E-state index contributed by atoms with van der Waals surface area (Å²) in [6.45, 7) is 4.25. The maximum Gasteiger partial charge on any atom is 0.280 e. The summed E-state index contributed by atoms with van der Waals surface area (Å²) in [6, 6.07) is 15.5. The van der Waals surface area contributed by atoms with Crippen molar-refractivity contribution < 1.29 is 18.3 Å². The Morgan fingerprint density at radius 3 is 2.26 bits per heavy atom. The summed E-state index contributed by atoms with van der Waals surface area (Å²) in [5, 5.41) is 3.70. The number of benzene rings is 2. The number of carbonyl (C=O) groups is 1. The molecule has 2 aromatic heterocycles. The molecule has 2 aromatic carbocycles. The molecule has 38 heavy (non-hydrogen) atoms. The van der Waals surface area contributed by atoms with Gasteiger partial charge in [0, 0.05) is 28.9 Å². The molecule has 1 aliphatic heterocycles. The largest absolute Gasteiger partial charge is 0.457 e. The number of halogens is 3. The quantitative estimate of drug-likeness (QED) is 0.312. The maximum absolute atomic E-state index is 13.4. The second-order valence-corrected chi connectivity index (χ2v) is 9.44. The topological polar surface area (TPSA) is 89.3 Å². The van der Waals surface area contributed by atoms with Crippen molar-refractivity contribution in [3.05, 3.63) is 105 Å². The van der Waals surface area contributed by atoms with Crippen LogP contribution < -0.4 is 15.6 Å². The summed E-state index contributed by atoms with van der Waals surface area (Å²) < 4.78 is 33.9. The van der Waals surface area contributed by atoms with Crippen LogP contribution in [-0.2, 0) is 13.1 Å². The predicted octanol–water partition coefficient (Wildman–Crippen LogP) is 5.52. The molecular formula is C27H22ClF2N5O3. The molecular weight excluding hydrogens is 516 g/mol. The lowest BCUT2D eigenvalue weighted by Crippen LogP contribution is -2.32. The molecule has 194 valence electrons. The number of carbonyl (C=O) groups excluding carboxylic acids is 1. The van der Waals surface area contributed by atoms with E-state index in [0.717, 1.165) is 17.7 Å². The van der Waals surface area contributed by atoms with E-state index in [9.17, 15) is 18.4 Å². The van der Waals surface area contributed by atoms with Gasteiger partial charge in [-0.1, -0.05) is 23.7 Å². The molecule has 0 spiro atoms. The Bertz CT molecular complexity index is 1550. The van der Waals surface area contributed by atoms with E-state index in [0.29, 0.717) is 22.0 Å². The van der Waals surface area contributed by atoms with Crippen LogP contribution in [0.15, 0.2) is 65.5 Å². The Morgan fingerprint density at radius 2 is 1.63 bits per heavy atom. The van der Waals surface area contributed by atoms with Gasteiger partial charge >= 0.3 is 0 Å². The van der Waals surface area contributed by atoms with Crippen molar-refractivity contribution in [3.63, 3.8) is 0 Å². The highest BCUT2D eigenvalue weighted by Crippen LogP contribution is 2.28. The van der Waals surface area contributed by atoms with Crippen molar-refractivity contribution in [1.82, 2.24) is 19.4 Å². The third-order valence-electron chi connectivity index (χ3n) is 6.03. The summed E-state index contributed by atoms with van der Waals surface area (Å²) in [6.07, 6.45) is 0. The van der Waals surface area contributed by atoms with E-state index in [1.165, 1.54) is 0 Å². The van der Waals surface area contributed by atoms with Gasteiger partial charge in [-0.05, 0) is 55.8 Å². The zero-order valence-electron chi connectivity index (χ0n) is 20.4. The second-order valence-electron chi connectivity index (χ2n) is 9.01. The third-order valence-corrected chi connectivity index (χ3v) is 6.28. The van der Waals surface area contributed by atoms with Crippen molar-refractivity contribution in [2.24, 2.45) is 0 Å². The number of pyridine rings is 1. The molecule has 1 N–H and O–H groups in total. The van der Waals surface area contributed by atoms with Gasteiger partial charge in [-0.2, -0.15) is 18.7 Å². The number of hydrogen-bond acceptors (Lipinski definition) is 6. The summed E-state index contributed by atoms with van der Waals surface area (Å²) in [4.78, 5) is 35.2. The molecule has 0 bridgehead atoms. The van der Waals surface area contributed by atoms with E-state index in [1.807, 2.05) is 26.0 Å². The Morgan fingerprint density at radius 1 is 0.974 bits per heavy atom. The van der Waals surface area contributed by atoms with Crippen LogP contribution in [0.5, 0.6) is 11.5 Å². The van der Waals surface area contributed by atoms with Crippen molar-refractivity contribution in [3.8, 4) is 11.5 Å². The standard InChI is InChI=1S/C27H22ClF2N5O3/c1-15(2)34-14-21-24(26(34)37)35(13-16-3-5-17(28)6-4-16)27(33-25(21)36)31-18-7-9-19(10-8-18)38-20-11-22(29)32-23(30)12-20/h3-12,15H,13-14H2,1-2H3,(H,31,33,36). The van der Waals surface area contributed by atoms with Crippen LogP contribution in [-0.4, -0.2) is 31.4 Å². The number of amides is 1. The normalized spacial score (nSPS) is 12.7. The SMILES string of the molecule is CC(C)N1Cc2c(n(Cc3ccc(Cl)cc3)c(Nc3ccc(Oc4cc(F)nc(F)c4)cc3)nc2=O)C1=O. The van der Waals surface area contributed by atoms with E-state index < -0.39 is 17.5 Å². The van der Waals surface area contributed by atoms with Crippen LogP contribution in [0.2, 0.25) is 5.02 Å². The van der Waals surface area contributed by atoms with Crippen LogP contribution in [0.1, 0.15) is 35.5 Å². The Hall–Kier alpha value is -4.31. The lowest BCUT2D eigenvalue weighted by molar-refractivity contribution is 0.0722. The molecule has 4 aromatic rings. The molecule has 0 atom stereocenters. The van der Waals surface area contributed by atoms with Gasteiger partial charge in [0.1, 0.15) is 17.2 Å². The lowest BCUT2D eigenvalue weighted by Gasteiger charge is -2.21. The van der Waals surface area contributed by atoms with Gasteiger partial charge in [0.15, 0.2) is 0 Å². The van der Waals surface area contributed by atoms with Crippen molar-refractivity contribution in [1.29, 1.82) is 0 Å². The number of nitrogens with zero attached hydrogens (tertiary/aromatic N) is 4. The molecule has 8 nitrogen and oxygen atoms in total. The molecule has 0 saturated carbocycles. The average molecular weight is 538 g/mol. The Labute approximate surface area is 221 Å². The highest BCUT2D eigenvalue weighted by Gasteiger charge is 2.35. The molecule has 1 amide bonds. The minimum absolute atomic E-state index is 0.0407. The smallest absolute Gasteiger partial charge is 0.280 e. The van der Waals surface area contributed by atoms with Crippen LogP contribution in [0.3, 0.4) is 0 Å². The molecule has 3 heterocycles. The highest BCUT2D eigenvalue weighted by molar-refractivity contribution is 6.30. The summed E-state index contributed by atoms with van der Waals surface area (Å²) in [5.41, 5.74) is 1.57. The Balaban J connectivity index is 1.48. The maximum atomic E-state index is 13.4. The van der Waals surface area contributed by atoms with Crippen LogP contribution >= 0.6 is 11.6 Å². The number of anilines is 2. The number of aromatic nitrogens is 3. The van der Waals surface area contributed by atoms with Crippen molar-refractivity contribution in [2.45, 2.75) is 33.0 Å². The van der Waals surface area contributed by atoms with Crippen LogP contribution in [0.4, 0.5) is 20.4 Å². The first kappa shape index (κ1) is 25.3. The van der Waals surface area contributed by atoms with E-state index >= 15 is 0 Å². The zero-order chi connectivity index (χ0) is 27.0. The first-order valence-electron chi connectivity index (χ1n) is 11.7. The van der Waals surface area contributed by atoms with Gasteiger partial charge in [0.05, 0.1) is 18.7 Å². The third kappa shape index (κ3) is 5.21. The fourth-order valence-corrected chi connectivity index (χ4v) is 4.30. The van der Waals surface area contributed by atoms with E-state index in [4.69, 9.17) is 16.3 Å². The molecule has 5 rings (SSSR count). The van der Waals surface area contributed by atoms with Gasteiger partial charge in [-0.15, -0.1) is 0 Å². The summed E-state index contributed by atoms with van der Waals surface area (Å²) in [5.74, 6) is -1.76. The first-order valence-corrected chi connectivity index (χ1v) is 12.1. The number of rotatable bonds is 7. The second kappa shape index (κ2) is 10.2. The van der Waals surface area contributed by atoms with Crippen molar-refractivity contribution in [2.75, 3.05) is 5.32 Å². The Kier molecular flexibility index (Phi) is 6.81. The highest BCUT2D eigenvalue weighted by atomic mass is 35.5. The molecule has 0 unspecified atom stereocenters. The van der Waals surface area contributed by atoms with Gasteiger partial charge in [0.25, 0.3) is 11.5 Å². The lowest BCUT2D eigenvalue weighted by atomic mass is 10.2. The van der Waals surface area contributed by atoms with Gasteiger partial charge in [-0.3, -0.25) is 9.59 Å². The van der Waals surface area contributed by atoms with E-state index in [-0.39, 0.29) is 42.4 Å². The average Bonchev–Trinajstić information content (AvgIpc) is 3.21. The number of ether oxygens (including phenoxy) is 1. The number of fused-ring (bicyclic) bond motifs is 1. The number of nitrogens with one attached hydrogen (secondary N) is 1. The minimum Gasteiger partial charge on any atom is -0.457 e. The van der Waals surface area contributed by atoms with Crippen LogP contribution in [0, 0.1) is 11.9 Å². The zero-order valence-corrected chi connectivity index (χ0v) is 21.2. The molecule has 0 saturated heterocycles. The fourth-order valence-electron chi connectivity index (χ4n) is 4.17. The predicted molar refractivity (Wildman–Crippen MR) is 138 cm³/mol.